The first kappa shape index (κ1) is 23.2. The Bertz CT molecular complexity index is 8.00. The van der Waals surface area contributed by atoms with Crippen LogP contribution >= 0.6 is 9.90 Å². The zero-order chi connectivity index (χ0) is 2.00. The third kappa shape index (κ3) is 18.3. The molecule has 0 spiro atoms. The van der Waals surface area contributed by atoms with Crippen molar-refractivity contribution in [2.75, 3.05) is 0 Å². The van der Waals surface area contributed by atoms with Crippen molar-refractivity contribution in [2.45, 2.75) is 0 Å². The van der Waals surface area contributed by atoms with Crippen molar-refractivity contribution in [3.63, 3.8) is 0 Å². The van der Waals surface area contributed by atoms with Crippen molar-refractivity contribution in [1.82, 2.24) is 0 Å². The third-order valence-corrected chi connectivity index (χ3v) is 0. The monoisotopic (exact) mass is 123 g/mol. The summed E-state index contributed by atoms with van der Waals surface area (Å²) >= 11 is 0. The van der Waals surface area contributed by atoms with E-state index in [2.05, 4.69) is 0 Å². The van der Waals surface area contributed by atoms with Gasteiger partial charge in [0.15, 0.2) is 0 Å². The molecule has 0 aromatic heterocycles. The Kier molecular flexibility index (Phi) is 387. The maximum Gasteiger partial charge on any atom is 0.106 e. The van der Waals surface area contributed by atoms with Gasteiger partial charge in [-0.05, 0) is 0 Å². The van der Waals surface area contributed by atoms with Crippen LogP contribution in [0.25, 0.3) is 0 Å². The van der Waals surface area contributed by atoms with Gasteiger partial charge in [0.25, 0.3) is 0 Å². The number of carbonyl (C=O) groups excluding carboxylic acids is 1. The van der Waals surface area contributed by atoms with Crippen molar-refractivity contribution >= 4 is 16.7 Å². The average molecular weight is 123 g/mol. The minimum Gasteiger partial charge on any atom is -0.307 e. The summed E-state index contributed by atoms with van der Waals surface area (Å²) in [6.45, 7) is 2.00. The van der Waals surface area contributed by atoms with Gasteiger partial charge in [0, 0.05) is 16.8 Å². The zero-order valence-corrected chi connectivity index (χ0v) is 4.61. The van der Waals surface area contributed by atoms with E-state index < -0.39 is 0 Å². The van der Waals surface area contributed by atoms with Gasteiger partial charge in [-0.15, -0.1) is 0 Å². The van der Waals surface area contributed by atoms with E-state index in [1.54, 1.807) is 0 Å². The minimum atomic E-state index is 0. The van der Waals surface area contributed by atoms with Crippen LogP contribution in [0.15, 0.2) is 0 Å². The molecular formula is CH5CoOP. The molecule has 3 heteroatoms. The van der Waals surface area contributed by atoms with Gasteiger partial charge >= 0.3 is 0 Å². The summed E-state index contributed by atoms with van der Waals surface area (Å²) in [7, 11) is 0. The van der Waals surface area contributed by atoms with Crippen LogP contribution in [0.2, 0.25) is 0 Å². The molecule has 1 atom stereocenters. The van der Waals surface area contributed by atoms with E-state index in [1.165, 1.54) is 0 Å². The maximum atomic E-state index is 8.00. The van der Waals surface area contributed by atoms with Gasteiger partial charge in [0.05, 0.1) is 0 Å². The molecule has 0 bridgehead atoms. The number of hydrogen-bond acceptors (Lipinski definition) is 1. The average Bonchev–Trinajstić information content (AvgIpc) is 1.00. The molecule has 0 saturated heterocycles. The van der Waals surface area contributed by atoms with Crippen molar-refractivity contribution in [3.05, 3.63) is 0 Å². The van der Waals surface area contributed by atoms with Crippen LogP contribution in [0.5, 0.6) is 0 Å². The molecule has 1 radical (unpaired) electrons. The smallest absolute Gasteiger partial charge is 0.106 e. The number of rotatable bonds is 0. The summed E-state index contributed by atoms with van der Waals surface area (Å²) in [6, 6.07) is 0. The Morgan fingerprint density at radius 1 is 1.25 bits per heavy atom. The fraction of sp³-hybridized carbons (Fsp3) is 0. The second-order valence-corrected chi connectivity index (χ2v) is 0. The summed E-state index contributed by atoms with van der Waals surface area (Å²) in [5.41, 5.74) is 0. The van der Waals surface area contributed by atoms with Gasteiger partial charge in [-0.1, -0.05) is 0 Å². The van der Waals surface area contributed by atoms with E-state index in [-0.39, 0.29) is 26.7 Å². The topological polar surface area (TPSA) is 17.1 Å². The molecule has 0 rings (SSSR count). The molecule has 0 amide bonds. The predicted molar refractivity (Wildman–Crippen MR) is 18.2 cm³/mol. The molecular weight excluding hydrogens is 118 g/mol. The molecule has 1 unspecified atom stereocenters. The first-order chi connectivity index (χ1) is 1.00. The zero-order valence-electron chi connectivity index (χ0n) is 2.16. The van der Waals surface area contributed by atoms with Gasteiger partial charge in [-0.3, -0.25) is 0 Å². The molecule has 0 fully saturated rings. The van der Waals surface area contributed by atoms with Gasteiger partial charge in [-0.25, -0.2) is 0 Å². The van der Waals surface area contributed by atoms with Crippen molar-refractivity contribution in [2.24, 2.45) is 0 Å². The normalized spacial score (nSPS) is 1.00. The molecule has 0 heterocycles. The van der Waals surface area contributed by atoms with Crippen LogP contribution in [0.1, 0.15) is 0 Å². The second kappa shape index (κ2) is 66.6. The van der Waals surface area contributed by atoms with E-state index in [9.17, 15) is 0 Å². The second-order valence-electron chi connectivity index (χ2n) is 0. The van der Waals surface area contributed by atoms with E-state index in [0.29, 0.717) is 0 Å². The quantitative estimate of drug-likeness (QED) is 0.410. The van der Waals surface area contributed by atoms with Gasteiger partial charge in [0.2, 0.25) is 0 Å². The van der Waals surface area contributed by atoms with Gasteiger partial charge in [-0.2, -0.15) is 9.90 Å². The van der Waals surface area contributed by atoms with Crippen molar-refractivity contribution < 1.29 is 21.6 Å². The fourth-order valence-corrected chi connectivity index (χ4v) is 0. The van der Waals surface area contributed by atoms with Crippen LogP contribution in [0, 0.1) is 0 Å². The van der Waals surface area contributed by atoms with Crippen LogP contribution in [-0.2, 0) is 21.6 Å². The van der Waals surface area contributed by atoms with E-state index in [4.69, 9.17) is 4.79 Å². The summed E-state index contributed by atoms with van der Waals surface area (Å²) in [5, 5.41) is 0. The van der Waals surface area contributed by atoms with E-state index in [0.717, 1.165) is 0 Å². The van der Waals surface area contributed by atoms with Crippen LogP contribution in [0.4, 0.5) is 0 Å². The maximum absolute atomic E-state index is 8.00. The predicted octanol–water partition coefficient (Wildman–Crippen LogP) is -0.129. The molecule has 1 nitrogen and oxygen atoms in total. The van der Waals surface area contributed by atoms with Crippen LogP contribution in [0.3, 0.4) is 0 Å². The SMILES string of the molecule is C=O.P.[Co]. The Labute approximate surface area is 39.0 Å². The molecule has 0 N–H and O–H groups in total. The van der Waals surface area contributed by atoms with E-state index >= 15 is 0 Å². The van der Waals surface area contributed by atoms with Crippen molar-refractivity contribution in [3.8, 4) is 0 Å². The molecule has 29 valence electrons. The minimum absolute atomic E-state index is 0. The standard InChI is InChI=1S/CH2O.Co.H3P/c1-2;;/h1H2;;1H3. The molecule has 0 aliphatic rings. The van der Waals surface area contributed by atoms with Crippen LogP contribution < -0.4 is 0 Å². The first-order valence-electron chi connectivity index (χ1n) is 0.289. The molecule has 0 aromatic carbocycles. The Balaban J connectivity index is -0.00000000500. The van der Waals surface area contributed by atoms with Crippen molar-refractivity contribution in [1.29, 1.82) is 0 Å². The number of carbonyl (C=O) groups is 1. The summed E-state index contributed by atoms with van der Waals surface area (Å²) < 4.78 is 0. The fourth-order valence-electron chi connectivity index (χ4n) is 0. The van der Waals surface area contributed by atoms with E-state index in [1.807, 2.05) is 6.79 Å². The van der Waals surface area contributed by atoms with Gasteiger partial charge < -0.3 is 4.79 Å². The number of hydrogen-bond donors (Lipinski definition) is 0. The Hall–Kier alpha value is 0.606. The Morgan fingerprint density at radius 3 is 1.25 bits per heavy atom. The summed E-state index contributed by atoms with van der Waals surface area (Å²) in [6.07, 6.45) is 0. The third-order valence-electron chi connectivity index (χ3n) is 0. The molecule has 0 aliphatic carbocycles. The summed E-state index contributed by atoms with van der Waals surface area (Å²) in [5.74, 6) is 0. The molecule has 0 aliphatic heterocycles. The molecule has 0 aromatic rings. The molecule has 0 saturated carbocycles. The largest absolute Gasteiger partial charge is 0.307 e. The first-order valence-corrected chi connectivity index (χ1v) is 0.289. The Morgan fingerprint density at radius 2 is 1.25 bits per heavy atom. The molecule has 4 heavy (non-hydrogen) atoms. The summed E-state index contributed by atoms with van der Waals surface area (Å²) in [4.78, 5) is 8.00. The van der Waals surface area contributed by atoms with Crippen LogP contribution in [-0.4, -0.2) is 6.79 Å². The van der Waals surface area contributed by atoms with Gasteiger partial charge in [0.1, 0.15) is 6.79 Å².